The first-order chi connectivity index (χ1) is 29.2. The Bertz CT molecular complexity index is 3560. The summed E-state index contributed by atoms with van der Waals surface area (Å²) in [5, 5.41) is 11.0. The van der Waals surface area contributed by atoms with Crippen LogP contribution in [0.1, 0.15) is 0 Å². The molecule has 5 heteroatoms. The van der Waals surface area contributed by atoms with E-state index in [0.717, 1.165) is 50.0 Å². The van der Waals surface area contributed by atoms with Gasteiger partial charge in [-0.1, -0.05) is 164 Å². The molecule has 0 amide bonds. The molecule has 272 valence electrons. The SMILES string of the molecule is c1cccc(-c2ccc(-c3nc(-c4ccccc4)nc(-c4ccc5c(c4)nc(-c4ccc6c7ccccc7c7ccccc7c6c4)c4c6ccccc6sc54)n3)cc2)c#1. The molecule has 0 fully saturated rings. The van der Waals surface area contributed by atoms with Crippen molar-refractivity contribution in [2.24, 2.45) is 0 Å². The standard InChI is InChI=1S/C54H30N4S/c1-3-13-33(14-4-1)34-23-25-36(26-24-34)53-56-52(35-15-5-2-6-16-35)57-54(58-53)38-28-30-44-47(32-38)55-50(49-45-21-11-12-22-48(45)59-51(44)49)37-27-29-43-41-19-8-7-17-39(41)40-18-9-10-20-42(40)46(43)31-37/h1-3,5-13,15-32H. The topological polar surface area (TPSA) is 51.6 Å². The van der Waals surface area contributed by atoms with Crippen LogP contribution in [0.25, 0.3) is 120 Å². The van der Waals surface area contributed by atoms with E-state index in [1.165, 1.54) is 52.5 Å². The summed E-state index contributed by atoms with van der Waals surface area (Å²) in [4.78, 5) is 20.8. The highest BCUT2D eigenvalue weighted by Crippen LogP contribution is 2.45. The predicted molar refractivity (Wildman–Crippen MR) is 245 cm³/mol. The lowest BCUT2D eigenvalue weighted by Crippen LogP contribution is -2.00. The quantitative estimate of drug-likeness (QED) is 0.164. The number of fused-ring (bicyclic) bond motifs is 11. The highest BCUT2D eigenvalue weighted by molar-refractivity contribution is 7.26. The third-order valence-corrected chi connectivity index (χ3v) is 12.6. The molecule has 0 spiro atoms. The van der Waals surface area contributed by atoms with Gasteiger partial charge in [0.05, 0.1) is 11.2 Å². The molecule has 0 atom stereocenters. The van der Waals surface area contributed by atoms with Gasteiger partial charge in [-0.15, -0.1) is 11.3 Å². The number of hydrogen-bond acceptors (Lipinski definition) is 5. The molecule has 0 aliphatic rings. The fourth-order valence-corrected chi connectivity index (χ4v) is 9.77. The summed E-state index contributed by atoms with van der Waals surface area (Å²) in [6, 6.07) is 70.0. The van der Waals surface area contributed by atoms with Crippen molar-refractivity contribution >= 4 is 74.7 Å². The molecule has 0 saturated carbocycles. The zero-order chi connectivity index (χ0) is 38.9. The average Bonchev–Trinajstić information content (AvgIpc) is 3.72. The van der Waals surface area contributed by atoms with E-state index in [2.05, 4.69) is 146 Å². The minimum atomic E-state index is 0.592. The van der Waals surface area contributed by atoms with Gasteiger partial charge in [-0.2, -0.15) is 0 Å². The third-order valence-electron chi connectivity index (χ3n) is 11.4. The van der Waals surface area contributed by atoms with E-state index in [0.29, 0.717) is 17.5 Å². The van der Waals surface area contributed by atoms with Crippen LogP contribution in [0.2, 0.25) is 0 Å². The van der Waals surface area contributed by atoms with Gasteiger partial charge in [0.2, 0.25) is 0 Å². The Morgan fingerprint density at radius 2 is 0.915 bits per heavy atom. The van der Waals surface area contributed by atoms with Crippen LogP contribution in [0.5, 0.6) is 0 Å². The molecule has 0 radical (unpaired) electrons. The molecule has 3 aromatic heterocycles. The van der Waals surface area contributed by atoms with Crippen molar-refractivity contribution in [2.75, 3.05) is 0 Å². The lowest BCUT2D eigenvalue weighted by Gasteiger charge is -2.13. The van der Waals surface area contributed by atoms with Gasteiger partial charge in [0.15, 0.2) is 17.5 Å². The first-order valence-corrected chi connectivity index (χ1v) is 20.4. The van der Waals surface area contributed by atoms with Gasteiger partial charge in [0.25, 0.3) is 0 Å². The minimum Gasteiger partial charge on any atom is -0.247 e. The Kier molecular flexibility index (Phi) is 7.59. The summed E-state index contributed by atoms with van der Waals surface area (Å²) in [6.07, 6.45) is 0. The molecule has 4 nitrogen and oxygen atoms in total. The van der Waals surface area contributed by atoms with Crippen molar-refractivity contribution in [3.8, 4) is 56.5 Å². The Hall–Kier alpha value is -7.78. The maximum Gasteiger partial charge on any atom is 0.164 e. The summed E-state index contributed by atoms with van der Waals surface area (Å²) in [5.41, 5.74) is 7.69. The monoisotopic (exact) mass is 766 g/mol. The number of pyridine rings is 1. The maximum absolute atomic E-state index is 5.56. The highest BCUT2D eigenvalue weighted by atomic mass is 32.1. The van der Waals surface area contributed by atoms with Crippen LogP contribution in [0.4, 0.5) is 0 Å². The van der Waals surface area contributed by atoms with Crippen LogP contribution in [-0.2, 0) is 0 Å². The lowest BCUT2D eigenvalue weighted by atomic mass is 9.92. The van der Waals surface area contributed by atoms with E-state index in [-0.39, 0.29) is 0 Å². The van der Waals surface area contributed by atoms with E-state index in [1.54, 1.807) is 0 Å². The van der Waals surface area contributed by atoms with E-state index in [9.17, 15) is 0 Å². The Morgan fingerprint density at radius 3 is 1.61 bits per heavy atom. The molecular formula is C54H30N4S. The number of benzene rings is 8. The predicted octanol–water partition coefficient (Wildman–Crippen LogP) is 14.2. The molecule has 0 bridgehead atoms. The molecule has 3 heterocycles. The van der Waals surface area contributed by atoms with Gasteiger partial charge in [-0.3, -0.25) is 0 Å². The molecule has 0 saturated heterocycles. The van der Waals surface area contributed by atoms with Crippen molar-refractivity contribution in [3.63, 3.8) is 0 Å². The summed E-state index contributed by atoms with van der Waals surface area (Å²) in [6.45, 7) is 0. The van der Waals surface area contributed by atoms with Crippen molar-refractivity contribution in [1.29, 1.82) is 0 Å². The number of hydrogen-bond donors (Lipinski definition) is 0. The van der Waals surface area contributed by atoms with Crippen LogP contribution >= 0.6 is 11.3 Å². The summed E-state index contributed by atoms with van der Waals surface area (Å²) in [7, 11) is 0. The lowest BCUT2D eigenvalue weighted by molar-refractivity contribution is 1.07. The zero-order valence-corrected chi connectivity index (χ0v) is 32.3. The fraction of sp³-hybridized carbons (Fsp3) is 0. The first-order valence-electron chi connectivity index (χ1n) is 19.6. The van der Waals surface area contributed by atoms with Crippen LogP contribution < -0.4 is 0 Å². The third kappa shape index (κ3) is 5.54. The minimum absolute atomic E-state index is 0.592. The molecule has 0 aliphatic heterocycles. The molecule has 12 rings (SSSR count). The molecule has 0 aliphatic carbocycles. The van der Waals surface area contributed by atoms with Crippen molar-refractivity contribution in [1.82, 2.24) is 19.9 Å². The second-order valence-electron chi connectivity index (χ2n) is 14.8. The smallest absolute Gasteiger partial charge is 0.164 e. The molecule has 9 aromatic carbocycles. The largest absolute Gasteiger partial charge is 0.247 e. The van der Waals surface area contributed by atoms with Crippen molar-refractivity contribution in [2.45, 2.75) is 0 Å². The molecule has 59 heavy (non-hydrogen) atoms. The van der Waals surface area contributed by atoms with E-state index in [1.807, 2.05) is 59.9 Å². The number of nitrogens with zero attached hydrogens (tertiary/aromatic N) is 4. The van der Waals surface area contributed by atoms with Gasteiger partial charge in [0, 0.05) is 53.4 Å². The second-order valence-corrected chi connectivity index (χ2v) is 15.9. The zero-order valence-electron chi connectivity index (χ0n) is 31.5. The van der Waals surface area contributed by atoms with E-state index in [4.69, 9.17) is 19.9 Å². The molecule has 12 aromatic rings. The van der Waals surface area contributed by atoms with E-state index >= 15 is 0 Å². The van der Waals surface area contributed by atoms with Gasteiger partial charge in [0.1, 0.15) is 0 Å². The Balaban J connectivity index is 1.07. The first kappa shape index (κ1) is 33.4. The van der Waals surface area contributed by atoms with Gasteiger partial charge < -0.3 is 0 Å². The summed E-state index contributed by atoms with van der Waals surface area (Å²) < 4.78 is 2.46. The van der Waals surface area contributed by atoms with Gasteiger partial charge in [-0.05, 0) is 68.2 Å². The number of rotatable bonds is 5. The maximum atomic E-state index is 5.56. The van der Waals surface area contributed by atoms with Crippen LogP contribution in [-0.4, -0.2) is 19.9 Å². The average molecular weight is 767 g/mol. The normalized spacial score (nSPS) is 11.6. The Labute approximate surface area is 343 Å². The highest BCUT2D eigenvalue weighted by Gasteiger charge is 2.20. The van der Waals surface area contributed by atoms with Crippen LogP contribution in [0.15, 0.2) is 182 Å². The van der Waals surface area contributed by atoms with Crippen molar-refractivity contribution < 1.29 is 0 Å². The number of aromatic nitrogens is 4. The fourth-order valence-electron chi connectivity index (χ4n) is 8.54. The number of thiophene rings is 1. The van der Waals surface area contributed by atoms with Gasteiger partial charge >= 0.3 is 0 Å². The Morgan fingerprint density at radius 1 is 0.373 bits per heavy atom. The van der Waals surface area contributed by atoms with Crippen molar-refractivity contribution in [3.05, 3.63) is 194 Å². The van der Waals surface area contributed by atoms with E-state index < -0.39 is 0 Å². The summed E-state index contributed by atoms with van der Waals surface area (Å²) >= 11 is 1.82. The second kappa shape index (κ2) is 13.4. The molecular weight excluding hydrogens is 737 g/mol. The molecule has 0 unspecified atom stereocenters. The molecule has 0 N–H and O–H groups in total. The summed E-state index contributed by atoms with van der Waals surface area (Å²) in [5.74, 6) is 1.81. The van der Waals surface area contributed by atoms with Crippen LogP contribution in [0.3, 0.4) is 0 Å². The van der Waals surface area contributed by atoms with Gasteiger partial charge in [-0.25, -0.2) is 19.9 Å². The van der Waals surface area contributed by atoms with Crippen LogP contribution in [0, 0.1) is 12.1 Å².